The fourth-order valence-electron chi connectivity index (χ4n) is 4.73. The Hall–Kier alpha value is -3.33. The molecular formula is C24H27FN6O2. The number of carbonyl (C=O) groups is 1. The molecule has 0 aliphatic carbocycles. The van der Waals surface area contributed by atoms with Gasteiger partial charge in [0, 0.05) is 42.9 Å². The van der Waals surface area contributed by atoms with Gasteiger partial charge in [-0.05, 0) is 50.4 Å². The van der Waals surface area contributed by atoms with Gasteiger partial charge >= 0.3 is 0 Å². The van der Waals surface area contributed by atoms with Gasteiger partial charge < -0.3 is 15.2 Å². The molecule has 1 amide bonds. The molecule has 2 saturated heterocycles. The van der Waals surface area contributed by atoms with Gasteiger partial charge in [0.05, 0.1) is 6.04 Å². The predicted octanol–water partition coefficient (Wildman–Crippen LogP) is 3.31. The maximum atomic E-state index is 14.1. The molecule has 2 aromatic heterocycles. The molecule has 33 heavy (non-hydrogen) atoms. The van der Waals surface area contributed by atoms with Crippen molar-refractivity contribution in [3.05, 3.63) is 59.9 Å². The Morgan fingerprint density at radius 3 is 2.67 bits per heavy atom. The lowest BCUT2D eigenvalue weighted by molar-refractivity contribution is -0.122. The Bertz CT molecular complexity index is 1110. The molecule has 9 heteroatoms. The molecule has 0 radical (unpaired) electrons. The molecule has 2 fully saturated rings. The summed E-state index contributed by atoms with van der Waals surface area (Å²) in [5, 5.41) is 4.17. The summed E-state index contributed by atoms with van der Waals surface area (Å²) in [7, 11) is 0. The lowest BCUT2D eigenvalue weighted by atomic mass is 9.96. The summed E-state index contributed by atoms with van der Waals surface area (Å²) < 4.78 is 19.7. The van der Waals surface area contributed by atoms with Gasteiger partial charge in [0.1, 0.15) is 11.6 Å². The van der Waals surface area contributed by atoms with Crippen LogP contribution < -0.4 is 10.6 Å². The van der Waals surface area contributed by atoms with Crippen molar-refractivity contribution < 1.29 is 13.7 Å². The minimum absolute atomic E-state index is 0.0235. The average molecular weight is 451 g/mol. The van der Waals surface area contributed by atoms with Crippen molar-refractivity contribution in [2.75, 3.05) is 24.5 Å². The van der Waals surface area contributed by atoms with Crippen LogP contribution in [0, 0.1) is 11.7 Å². The predicted molar refractivity (Wildman–Crippen MR) is 120 cm³/mol. The fourth-order valence-corrected chi connectivity index (χ4v) is 4.73. The van der Waals surface area contributed by atoms with E-state index in [1.807, 2.05) is 24.3 Å². The zero-order valence-electron chi connectivity index (χ0n) is 18.4. The maximum absolute atomic E-state index is 14.1. The topological polar surface area (TPSA) is 101 Å². The number of anilines is 1. The van der Waals surface area contributed by atoms with Crippen LogP contribution in [0.1, 0.15) is 43.2 Å². The molecule has 5 rings (SSSR count). The number of likely N-dealkylation sites (tertiary alicyclic amines) is 1. The highest BCUT2D eigenvalue weighted by atomic mass is 19.1. The second-order valence-electron chi connectivity index (χ2n) is 8.74. The molecule has 1 unspecified atom stereocenters. The lowest BCUT2D eigenvalue weighted by Crippen LogP contribution is -2.38. The Balaban J connectivity index is 1.26. The highest BCUT2D eigenvalue weighted by molar-refractivity contribution is 5.77. The molecule has 1 aromatic carbocycles. The molecule has 2 aliphatic heterocycles. The fraction of sp³-hybridized carbons (Fsp3) is 0.417. The third kappa shape index (κ3) is 4.59. The van der Waals surface area contributed by atoms with Crippen molar-refractivity contribution in [3.8, 4) is 11.4 Å². The molecule has 172 valence electrons. The number of hydrogen-bond acceptors (Lipinski definition) is 7. The van der Waals surface area contributed by atoms with Crippen LogP contribution in [0.3, 0.4) is 0 Å². The molecule has 8 nitrogen and oxygen atoms in total. The standard InChI is InChI=1S/C24H27FN6O2/c25-19-5-2-1-4-18(19)15-31-11-3-6-20(31)24-28-23(29-33-24)17-7-8-21(27-14-17)30-12-9-16(10-13-30)22(26)32/h1-2,4-5,7-8,14,16,20H,3,6,9-13,15H2,(H2,26,32). The van der Waals surface area contributed by atoms with Gasteiger partial charge in [-0.2, -0.15) is 4.98 Å². The first-order chi connectivity index (χ1) is 16.1. The summed E-state index contributed by atoms with van der Waals surface area (Å²) >= 11 is 0. The van der Waals surface area contributed by atoms with E-state index in [2.05, 4.69) is 24.9 Å². The largest absolute Gasteiger partial charge is 0.369 e. The van der Waals surface area contributed by atoms with Gasteiger partial charge in [0.25, 0.3) is 0 Å². The number of carbonyl (C=O) groups excluding carboxylic acids is 1. The van der Waals surface area contributed by atoms with Gasteiger partial charge in [-0.1, -0.05) is 23.4 Å². The Morgan fingerprint density at radius 1 is 1.12 bits per heavy atom. The summed E-state index contributed by atoms with van der Waals surface area (Å²) in [6.07, 6.45) is 5.14. The zero-order valence-corrected chi connectivity index (χ0v) is 18.4. The molecule has 1 atom stereocenters. The van der Waals surface area contributed by atoms with E-state index in [-0.39, 0.29) is 23.7 Å². The first-order valence-electron chi connectivity index (χ1n) is 11.4. The number of piperidine rings is 1. The molecule has 0 saturated carbocycles. The Morgan fingerprint density at radius 2 is 1.94 bits per heavy atom. The molecule has 4 heterocycles. The molecular weight excluding hydrogens is 423 g/mol. The summed E-state index contributed by atoms with van der Waals surface area (Å²) in [4.78, 5) is 24.9. The van der Waals surface area contributed by atoms with E-state index >= 15 is 0 Å². The normalized spacial score (nSPS) is 19.8. The van der Waals surface area contributed by atoms with E-state index in [0.29, 0.717) is 23.8 Å². The van der Waals surface area contributed by atoms with Crippen molar-refractivity contribution in [3.63, 3.8) is 0 Å². The second-order valence-corrected chi connectivity index (χ2v) is 8.74. The number of primary amides is 1. The smallest absolute Gasteiger partial charge is 0.244 e. The number of halogens is 1. The van der Waals surface area contributed by atoms with Crippen molar-refractivity contribution >= 4 is 11.7 Å². The summed E-state index contributed by atoms with van der Waals surface area (Å²) in [5.41, 5.74) is 6.87. The number of pyridine rings is 1. The van der Waals surface area contributed by atoms with Crippen LogP contribution in [0.4, 0.5) is 10.2 Å². The molecule has 0 bridgehead atoms. The Labute approximate surface area is 191 Å². The number of benzene rings is 1. The van der Waals surface area contributed by atoms with Gasteiger partial charge in [0.15, 0.2) is 0 Å². The first kappa shape index (κ1) is 21.5. The van der Waals surface area contributed by atoms with E-state index in [9.17, 15) is 9.18 Å². The summed E-state index contributed by atoms with van der Waals surface area (Å²) in [6.45, 7) is 2.88. The van der Waals surface area contributed by atoms with E-state index in [1.165, 1.54) is 6.07 Å². The molecule has 0 spiro atoms. The van der Waals surface area contributed by atoms with Crippen LogP contribution in [-0.4, -0.2) is 45.6 Å². The van der Waals surface area contributed by atoms with Crippen molar-refractivity contribution in [1.29, 1.82) is 0 Å². The molecule has 2 aliphatic rings. The third-order valence-corrected chi connectivity index (χ3v) is 6.65. The van der Waals surface area contributed by atoms with Gasteiger partial charge in [0.2, 0.25) is 17.6 Å². The Kier molecular flexibility index (Phi) is 6.04. The monoisotopic (exact) mass is 450 g/mol. The van der Waals surface area contributed by atoms with Gasteiger partial charge in [-0.25, -0.2) is 9.37 Å². The van der Waals surface area contributed by atoms with Crippen molar-refractivity contribution in [2.24, 2.45) is 11.7 Å². The van der Waals surface area contributed by atoms with Crippen LogP contribution in [0.15, 0.2) is 47.1 Å². The maximum Gasteiger partial charge on any atom is 0.244 e. The van der Waals surface area contributed by atoms with Gasteiger partial charge in [-0.3, -0.25) is 9.69 Å². The highest BCUT2D eigenvalue weighted by Crippen LogP contribution is 2.33. The number of nitrogens with zero attached hydrogens (tertiary/aromatic N) is 5. The van der Waals surface area contributed by atoms with Crippen LogP contribution in [0.2, 0.25) is 0 Å². The number of aromatic nitrogens is 3. The van der Waals surface area contributed by atoms with Crippen LogP contribution in [-0.2, 0) is 11.3 Å². The van der Waals surface area contributed by atoms with Crippen molar-refractivity contribution in [1.82, 2.24) is 20.0 Å². The summed E-state index contributed by atoms with van der Waals surface area (Å²) in [5.74, 6) is 1.44. The third-order valence-electron chi connectivity index (χ3n) is 6.65. The minimum Gasteiger partial charge on any atom is -0.369 e. The summed E-state index contributed by atoms with van der Waals surface area (Å²) in [6, 6.07) is 10.7. The lowest BCUT2D eigenvalue weighted by Gasteiger charge is -2.31. The first-order valence-corrected chi connectivity index (χ1v) is 11.4. The van der Waals surface area contributed by atoms with Crippen LogP contribution in [0.25, 0.3) is 11.4 Å². The average Bonchev–Trinajstić information content (AvgIpc) is 3.50. The minimum atomic E-state index is -0.222. The van der Waals surface area contributed by atoms with E-state index in [4.69, 9.17) is 10.3 Å². The van der Waals surface area contributed by atoms with Crippen molar-refractivity contribution in [2.45, 2.75) is 38.3 Å². The zero-order chi connectivity index (χ0) is 22.8. The quantitative estimate of drug-likeness (QED) is 0.615. The number of hydrogen-bond donors (Lipinski definition) is 1. The van der Waals surface area contributed by atoms with Crippen LogP contribution in [0.5, 0.6) is 0 Å². The van der Waals surface area contributed by atoms with Gasteiger partial charge in [-0.15, -0.1) is 0 Å². The van der Waals surface area contributed by atoms with E-state index in [1.54, 1.807) is 12.3 Å². The van der Waals surface area contributed by atoms with E-state index < -0.39 is 0 Å². The van der Waals surface area contributed by atoms with Crippen LogP contribution >= 0.6 is 0 Å². The number of nitrogens with two attached hydrogens (primary N) is 1. The molecule has 2 N–H and O–H groups in total. The van der Waals surface area contributed by atoms with E-state index in [0.717, 1.165) is 56.7 Å². The SMILES string of the molecule is NC(=O)C1CCN(c2ccc(-c3noc(C4CCCN4Cc4ccccc4F)n3)cn2)CC1. The molecule has 3 aromatic rings. The number of amides is 1. The second kappa shape index (κ2) is 9.27. The number of rotatable bonds is 6. The highest BCUT2D eigenvalue weighted by Gasteiger charge is 2.31.